The minimum Gasteiger partial charge on any atom is -0.387 e. The molecule has 2 rings (SSSR count). The lowest BCUT2D eigenvalue weighted by atomic mass is 10.1. The van der Waals surface area contributed by atoms with E-state index in [-0.39, 0.29) is 18.9 Å². The van der Waals surface area contributed by atoms with Crippen LogP contribution in [-0.2, 0) is 11.2 Å². The molecule has 104 valence electrons. The number of pyridine rings is 1. The first kappa shape index (κ1) is 14.2. The molecule has 20 heavy (non-hydrogen) atoms. The second-order valence-electron chi connectivity index (χ2n) is 4.72. The summed E-state index contributed by atoms with van der Waals surface area (Å²) in [5.74, 6) is -0.120. The van der Waals surface area contributed by atoms with Crippen LogP contribution >= 0.6 is 0 Å². The van der Waals surface area contributed by atoms with Gasteiger partial charge in [-0.1, -0.05) is 36.4 Å². The lowest BCUT2D eigenvalue weighted by Gasteiger charge is -2.12. The number of nitrogens with zero attached hydrogens (tertiary/aromatic N) is 1. The van der Waals surface area contributed by atoms with Gasteiger partial charge in [0.05, 0.1) is 12.5 Å². The SMILES string of the molecule is Cc1ccc(CC(=O)NCC(O)c2ccccc2)cn1. The van der Waals surface area contributed by atoms with Crippen LogP contribution in [0.15, 0.2) is 48.7 Å². The molecule has 2 aromatic rings. The van der Waals surface area contributed by atoms with E-state index < -0.39 is 6.10 Å². The first-order chi connectivity index (χ1) is 9.65. The summed E-state index contributed by atoms with van der Waals surface area (Å²) in [4.78, 5) is 15.9. The van der Waals surface area contributed by atoms with Crippen LogP contribution in [0.5, 0.6) is 0 Å². The van der Waals surface area contributed by atoms with Gasteiger partial charge in [-0.05, 0) is 24.1 Å². The van der Waals surface area contributed by atoms with Gasteiger partial charge in [0, 0.05) is 18.4 Å². The zero-order valence-electron chi connectivity index (χ0n) is 11.4. The molecule has 0 aliphatic rings. The van der Waals surface area contributed by atoms with E-state index in [0.29, 0.717) is 0 Å². The quantitative estimate of drug-likeness (QED) is 0.870. The lowest BCUT2D eigenvalue weighted by molar-refractivity contribution is -0.120. The fourth-order valence-electron chi connectivity index (χ4n) is 1.85. The molecule has 2 N–H and O–H groups in total. The third-order valence-corrected chi connectivity index (χ3v) is 3.01. The van der Waals surface area contributed by atoms with Crippen molar-refractivity contribution in [3.63, 3.8) is 0 Å². The molecule has 0 aliphatic carbocycles. The molecule has 1 aromatic heterocycles. The summed E-state index contributed by atoms with van der Waals surface area (Å²) in [5.41, 5.74) is 2.58. The second kappa shape index (κ2) is 6.82. The Morgan fingerprint density at radius 3 is 2.65 bits per heavy atom. The predicted molar refractivity (Wildman–Crippen MR) is 77.1 cm³/mol. The first-order valence-electron chi connectivity index (χ1n) is 6.56. The maximum Gasteiger partial charge on any atom is 0.224 e. The Kier molecular flexibility index (Phi) is 4.85. The monoisotopic (exact) mass is 270 g/mol. The normalized spacial score (nSPS) is 11.9. The summed E-state index contributed by atoms with van der Waals surface area (Å²) < 4.78 is 0. The van der Waals surface area contributed by atoms with Gasteiger partial charge in [-0.3, -0.25) is 9.78 Å². The average Bonchev–Trinajstić information content (AvgIpc) is 2.48. The molecule has 0 bridgehead atoms. The summed E-state index contributed by atoms with van der Waals surface area (Å²) in [6, 6.07) is 13.0. The van der Waals surface area contributed by atoms with Gasteiger partial charge < -0.3 is 10.4 Å². The van der Waals surface area contributed by atoms with Crippen molar-refractivity contribution in [2.75, 3.05) is 6.54 Å². The Bertz CT molecular complexity index is 552. The molecule has 1 aromatic carbocycles. The summed E-state index contributed by atoms with van der Waals surface area (Å²) in [6.45, 7) is 2.11. The van der Waals surface area contributed by atoms with Gasteiger partial charge in [0.1, 0.15) is 0 Å². The molecule has 0 spiro atoms. The van der Waals surface area contributed by atoms with Crippen LogP contribution in [0.2, 0.25) is 0 Å². The fraction of sp³-hybridized carbons (Fsp3) is 0.250. The number of aliphatic hydroxyl groups is 1. The van der Waals surface area contributed by atoms with Crippen LogP contribution in [0.3, 0.4) is 0 Å². The van der Waals surface area contributed by atoms with Gasteiger partial charge in [0.15, 0.2) is 0 Å². The molecule has 1 atom stereocenters. The van der Waals surface area contributed by atoms with Gasteiger partial charge in [-0.2, -0.15) is 0 Å². The Balaban J connectivity index is 1.82. The van der Waals surface area contributed by atoms with Crippen LogP contribution in [0.25, 0.3) is 0 Å². The van der Waals surface area contributed by atoms with Crippen molar-refractivity contribution in [1.82, 2.24) is 10.3 Å². The minimum absolute atomic E-state index is 0.120. The van der Waals surface area contributed by atoms with Gasteiger partial charge in [-0.15, -0.1) is 0 Å². The third-order valence-electron chi connectivity index (χ3n) is 3.01. The van der Waals surface area contributed by atoms with Gasteiger partial charge in [-0.25, -0.2) is 0 Å². The Hall–Kier alpha value is -2.20. The Morgan fingerprint density at radius 1 is 1.25 bits per heavy atom. The number of carbonyl (C=O) groups excluding carboxylic acids is 1. The van der Waals surface area contributed by atoms with E-state index in [4.69, 9.17) is 0 Å². The zero-order valence-corrected chi connectivity index (χ0v) is 11.4. The van der Waals surface area contributed by atoms with E-state index in [9.17, 15) is 9.90 Å². The zero-order chi connectivity index (χ0) is 14.4. The van der Waals surface area contributed by atoms with Crippen molar-refractivity contribution in [2.24, 2.45) is 0 Å². The molecular weight excluding hydrogens is 252 g/mol. The van der Waals surface area contributed by atoms with Crippen LogP contribution in [0.4, 0.5) is 0 Å². The third kappa shape index (κ3) is 4.17. The van der Waals surface area contributed by atoms with Crippen LogP contribution in [0, 0.1) is 6.92 Å². The highest BCUT2D eigenvalue weighted by Gasteiger charge is 2.09. The Labute approximate surface area is 118 Å². The number of hydrogen-bond acceptors (Lipinski definition) is 3. The summed E-state index contributed by atoms with van der Waals surface area (Å²) in [6.07, 6.45) is 1.29. The van der Waals surface area contributed by atoms with Gasteiger partial charge in [0.25, 0.3) is 0 Å². The average molecular weight is 270 g/mol. The Morgan fingerprint density at radius 2 is 2.00 bits per heavy atom. The van der Waals surface area contributed by atoms with Crippen molar-refractivity contribution >= 4 is 5.91 Å². The van der Waals surface area contributed by atoms with Crippen molar-refractivity contribution in [2.45, 2.75) is 19.4 Å². The largest absolute Gasteiger partial charge is 0.387 e. The number of aryl methyl sites for hydroxylation is 1. The topological polar surface area (TPSA) is 62.2 Å². The molecular formula is C16H18N2O2. The van der Waals surface area contributed by atoms with Crippen molar-refractivity contribution in [3.05, 3.63) is 65.5 Å². The fourth-order valence-corrected chi connectivity index (χ4v) is 1.85. The molecule has 1 unspecified atom stereocenters. The molecule has 0 radical (unpaired) electrons. The summed E-state index contributed by atoms with van der Waals surface area (Å²) in [7, 11) is 0. The summed E-state index contributed by atoms with van der Waals surface area (Å²) >= 11 is 0. The number of benzene rings is 1. The maximum absolute atomic E-state index is 11.8. The molecule has 1 heterocycles. The summed E-state index contributed by atoms with van der Waals surface area (Å²) in [5, 5.41) is 12.7. The standard InChI is InChI=1S/C16H18N2O2/c1-12-7-8-13(10-17-12)9-16(20)18-11-15(19)14-5-3-2-4-6-14/h2-8,10,15,19H,9,11H2,1H3,(H,18,20). The number of aliphatic hydroxyl groups excluding tert-OH is 1. The van der Waals surface area contributed by atoms with E-state index >= 15 is 0 Å². The minimum atomic E-state index is -0.684. The number of nitrogens with one attached hydrogen (secondary N) is 1. The number of carbonyl (C=O) groups is 1. The van der Waals surface area contributed by atoms with E-state index in [1.807, 2.05) is 49.4 Å². The smallest absolute Gasteiger partial charge is 0.224 e. The lowest BCUT2D eigenvalue weighted by Crippen LogP contribution is -2.29. The highest BCUT2D eigenvalue weighted by atomic mass is 16.3. The van der Waals surface area contributed by atoms with E-state index in [1.165, 1.54) is 0 Å². The van der Waals surface area contributed by atoms with Gasteiger partial charge in [0.2, 0.25) is 5.91 Å². The number of aromatic nitrogens is 1. The van der Waals surface area contributed by atoms with Gasteiger partial charge >= 0.3 is 0 Å². The number of amides is 1. The van der Waals surface area contributed by atoms with E-state index in [0.717, 1.165) is 16.8 Å². The van der Waals surface area contributed by atoms with Crippen molar-refractivity contribution in [1.29, 1.82) is 0 Å². The van der Waals surface area contributed by atoms with Crippen molar-refractivity contribution < 1.29 is 9.90 Å². The van der Waals surface area contributed by atoms with E-state index in [2.05, 4.69) is 10.3 Å². The highest BCUT2D eigenvalue weighted by molar-refractivity contribution is 5.78. The molecule has 0 saturated heterocycles. The molecule has 4 nitrogen and oxygen atoms in total. The maximum atomic E-state index is 11.8. The highest BCUT2D eigenvalue weighted by Crippen LogP contribution is 2.10. The van der Waals surface area contributed by atoms with Crippen LogP contribution < -0.4 is 5.32 Å². The molecule has 4 heteroatoms. The van der Waals surface area contributed by atoms with Crippen molar-refractivity contribution in [3.8, 4) is 0 Å². The predicted octanol–water partition coefficient (Wildman–Crippen LogP) is 1.78. The molecule has 1 amide bonds. The number of rotatable bonds is 5. The van der Waals surface area contributed by atoms with Crippen LogP contribution in [-0.4, -0.2) is 22.5 Å². The molecule has 0 fully saturated rings. The van der Waals surface area contributed by atoms with E-state index in [1.54, 1.807) is 6.20 Å². The second-order valence-corrected chi connectivity index (χ2v) is 4.72. The number of hydrogen-bond donors (Lipinski definition) is 2. The molecule has 0 saturated carbocycles. The molecule has 0 aliphatic heterocycles. The van der Waals surface area contributed by atoms with Crippen LogP contribution in [0.1, 0.15) is 22.9 Å². The first-order valence-corrected chi connectivity index (χ1v) is 6.56.